The van der Waals surface area contributed by atoms with Gasteiger partial charge in [0.25, 0.3) is 0 Å². The molecule has 0 amide bonds. The maximum absolute atomic E-state index is 12.3. The Labute approximate surface area is 136 Å². The standard InChI is InChI=1S/C14H21ClN2O2S2/c1-2-16-9-12-7-13(3-4-14(12)15)21(18,19)17-8-11-5-6-20-10-11/h3-4,7,11,16-17H,2,5-6,8-10H2,1H3. The van der Waals surface area contributed by atoms with Crippen molar-refractivity contribution in [2.75, 3.05) is 24.6 Å². The minimum atomic E-state index is -3.46. The Kier molecular flexibility index (Phi) is 6.37. The van der Waals surface area contributed by atoms with E-state index < -0.39 is 10.0 Å². The highest BCUT2D eigenvalue weighted by Gasteiger charge is 2.20. The summed E-state index contributed by atoms with van der Waals surface area (Å²) in [7, 11) is -3.46. The van der Waals surface area contributed by atoms with Crippen molar-refractivity contribution < 1.29 is 8.42 Å². The van der Waals surface area contributed by atoms with Crippen LogP contribution >= 0.6 is 23.4 Å². The normalized spacial score (nSPS) is 19.0. The van der Waals surface area contributed by atoms with Crippen molar-refractivity contribution in [3.05, 3.63) is 28.8 Å². The molecule has 0 bridgehead atoms. The summed E-state index contributed by atoms with van der Waals surface area (Å²) in [4.78, 5) is 0.283. The summed E-state index contributed by atoms with van der Waals surface area (Å²) in [5.41, 5.74) is 0.804. The van der Waals surface area contributed by atoms with E-state index in [1.165, 1.54) is 0 Å². The molecule has 0 aliphatic carbocycles. The number of benzene rings is 1. The summed E-state index contributed by atoms with van der Waals surface area (Å²) in [6, 6.07) is 4.86. The van der Waals surface area contributed by atoms with E-state index in [-0.39, 0.29) is 4.90 Å². The molecule has 1 aromatic carbocycles. The highest BCUT2D eigenvalue weighted by atomic mass is 35.5. The fraction of sp³-hybridized carbons (Fsp3) is 0.571. The van der Waals surface area contributed by atoms with E-state index in [1.807, 2.05) is 18.7 Å². The lowest BCUT2D eigenvalue weighted by molar-refractivity contribution is 0.545. The van der Waals surface area contributed by atoms with Crippen LogP contribution in [0.2, 0.25) is 5.02 Å². The molecule has 0 radical (unpaired) electrons. The Morgan fingerprint density at radius 1 is 1.43 bits per heavy atom. The number of sulfonamides is 1. The smallest absolute Gasteiger partial charge is 0.240 e. The molecule has 1 aromatic rings. The van der Waals surface area contributed by atoms with Gasteiger partial charge in [-0.3, -0.25) is 0 Å². The number of rotatable bonds is 7. The molecule has 1 aliphatic rings. The Hall–Kier alpha value is -0.270. The predicted octanol–water partition coefficient (Wildman–Crippen LogP) is 2.48. The molecule has 2 rings (SSSR count). The van der Waals surface area contributed by atoms with E-state index in [4.69, 9.17) is 11.6 Å². The van der Waals surface area contributed by atoms with Crippen molar-refractivity contribution in [2.24, 2.45) is 5.92 Å². The monoisotopic (exact) mass is 348 g/mol. The van der Waals surface area contributed by atoms with E-state index in [0.717, 1.165) is 30.0 Å². The van der Waals surface area contributed by atoms with E-state index in [9.17, 15) is 8.42 Å². The van der Waals surface area contributed by atoms with Crippen LogP contribution in [-0.2, 0) is 16.6 Å². The van der Waals surface area contributed by atoms with Crippen LogP contribution in [0, 0.1) is 5.92 Å². The third-order valence-corrected chi connectivity index (χ3v) is 6.50. The Bertz CT molecular complexity index is 572. The molecule has 0 aromatic heterocycles. The van der Waals surface area contributed by atoms with Crippen LogP contribution in [0.15, 0.2) is 23.1 Å². The van der Waals surface area contributed by atoms with Crippen LogP contribution in [-0.4, -0.2) is 33.0 Å². The first-order valence-corrected chi connectivity index (χ1v) is 10.1. The second-order valence-electron chi connectivity index (χ2n) is 5.12. The Morgan fingerprint density at radius 2 is 2.24 bits per heavy atom. The average Bonchev–Trinajstić information content (AvgIpc) is 2.97. The molecule has 0 spiro atoms. The maximum atomic E-state index is 12.3. The lowest BCUT2D eigenvalue weighted by Gasteiger charge is -2.12. The van der Waals surface area contributed by atoms with E-state index in [2.05, 4.69) is 10.0 Å². The molecule has 118 valence electrons. The molecule has 1 heterocycles. The van der Waals surface area contributed by atoms with Gasteiger partial charge in [0.2, 0.25) is 10.0 Å². The third-order valence-electron chi connectivity index (χ3n) is 3.48. The molecule has 21 heavy (non-hydrogen) atoms. The molecular formula is C14H21ClN2O2S2. The molecular weight excluding hydrogens is 328 g/mol. The zero-order valence-corrected chi connectivity index (χ0v) is 14.5. The van der Waals surface area contributed by atoms with Crippen LogP contribution in [0.4, 0.5) is 0 Å². The van der Waals surface area contributed by atoms with Gasteiger partial charge in [-0.1, -0.05) is 18.5 Å². The Morgan fingerprint density at radius 3 is 2.90 bits per heavy atom. The number of hydrogen-bond donors (Lipinski definition) is 2. The van der Waals surface area contributed by atoms with Gasteiger partial charge in [-0.25, -0.2) is 13.1 Å². The van der Waals surface area contributed by atoms with Crippen LogP contribution in [0.25, 0.3) is 0 Å². The van der Waals surface area contributed by atoms with Crippen molar-refractivity contribution in [1.29, 1.82) is 0 Å². The quantitative estimate of drug-likeness (QED) is 0.794. The van der Waals surface area contributed by atoms with Gasteiger partial charge in [-0.15, -0.1) is 0 Å². The lowest BCUT2D eigenvalue weighted by atomic mass is 10.1. The lowest BCUT2D eigenvalue weighted by Crippen LogP contribution is -2.29. The molecule has 0 saturated carbocycles. The topological polar surface area (TPSA) is 58.2 Å². The van der Waals surface area contributed by atoms with Gasteiger partial charge in [0.05, 0.1) is 4.90 Å². The molecule has 2 N–H and O–H groups in total. The van der Waals surface area contributed by atoms with Gasteiger partial charge >= 0.3 is 0 Å². The van der Waals surface area contributed by atoms with Gasteiger partial charge in [-0.2, -0.15) is 11.8 Å². The van der Waals surface area contributed by atoms with Crippen molar-refractivity contribution in [2.45, 2.75) is 24.8 Å². The van der Waals surface area contributed by atoms with E-state index in [0.29, 0.717) is 24.0 Å². The van der Waals surface area contributed by atoms with E-state index >= 15 is 0 Å². The van der Waals surface area contributed by atoms with Crippen LogP contribution < -0.4 is 10.0 Å². The molecule has 1 atom stereocenters. The maximum Gasteiger partial charge on any atom is 0.240 e. The number of thioether (sulfide) groups is 1. The second kappa shape index (κ2) is 7.83. The number of nitrogens with one attached hydrogen (secondary N) is 2. The molecule has 1 aliphatic heterocycles. The zero-order chi connectivity index (χ0) is 15.3. The Balaban J connectivity index is 2.07. The third kappa shape index (κ3) is 4.86. The van der Waals surface area contributed by atoms with Crippen molar-refractivity contribution in [3.63, 3.8) is 0 Å². The van der Waals surface area contributed by atoms with Gasteiger partial charge in [0, 0.05) is 18.1 Å². The molecule has 1 unspecified atom stereocenters. The highest BCUT2D eigenvalue weighted by Crippen LogP contribution is 2.24. The minimum Gasteiger partial charge on any atom is -0.313 e. The minimum absolute atomic E-state index is 0.283. The molecule has 7 heteroatoms. The first-order chi connectivity index (χ1) is 10.0. The predicted molar refractivity (Wildman–Crippen MR) is 89.5 cm³/mol. The highest BCUT2D eigenvalue weighted by molar-refractivity contribution is 7.99. The molecule has 4 nitrogen and oxygen atoms in total. The van der Waals surface area contributed by atoms with Gasteiger partial charge in [-0.05, 0) is 54.2 Å². The van der Waals surface area contributed by atoms with Gasteiger partial charge < -0.3 is 5.32 Å². The zero-order valence-electron chi connectivity index (χ0n) is 12.1. The second-order valence-corrected chi connectivity index (χ2v) is 8.44. The summed E-state index contributed by atoms with van der Waals surface area (Å²) in [5, 5.41) is 3.74. The van der Waals surface area contributed by atoms with Gasteiger partial charge in [0.15, 0.2) is 0 Å². The van der Waals surface area contributed by atoms with Crippen molar-refractivity contribution in [1.82, 2.24) is 10.0 Å². The first kappa shape index (κ1) is 17.1. The van der Waals surface area contributed by atoms with Crippen molar-refractivity contribution >= 4 is 33.4 Å². The summed E-state index contributed by atoms with van der Waals surface area (Å²) in [5.74, 6) is 2.60. The fourth-order valence-electron chi connectivity index (χ4n) is 2.17. The van der Waals surface area contributed by atoms with Gasteiger partial charge in [0.1, 0.15) is 0 Å². The number of hydrogen-bond acceptors (Lipinski definition) is 4. The van der Waals surface area contributed by atoms with Crippen LogP contribution in [0.1, 0.15) is 18.9 Å². The summed E-state index contributed by atoms with van der Waals surface area (Å²) in [6.07, 6.45) is 1.08. The fourth-order valence-corrected chi connectivity index (χ4v) is 4.80. The SMILES string of the molecule is CCNCc1cc(S(=O)(=O)NCC2CCSC2)ccc1Cl. The molecule has 1 fully saturated rings. The van der Waals surface area contributed by atoms with E-state index in [1.54, 1.807) is 18.2 Å². The summed E-state index contributed by atoms with van der Waals surface area (Å²) in [6.45, 7) is 3.89. The average molecular weight is 349 g/mol. The van der Waals surface area contributed by atoms with Crippen LogP contribution in [0.3, 0.4) is 0 Å². The summed E-state index contributed by atoms with van der Waals surface area (Å²) >= 11 is 7.99. The number of halogens is 1. The largest absolute Gasteiger partial charge is 0.313 e. The van der Waals surface area contributed by atoms with Crippen LogP contribution in [0.5, 0.6) is 0 Å². The van der Waals surface area contributed by atoms with Crippen molar-refractivity contribution in [3.8, 4) is 0 Å². The first-order valence-electron chi connectivity index (χ1n) is 7.09. The molecule has 1 saturated heterocycles. The summed E-state index contributed by atoms with van der Waals surface area (Å²) < 4.78 is 27.4.